The molecule has 2 aromatic carbocycles. The van der Waals surface area contributed by atoms with E-state index in [9.17, 15) is 9.59 Å². The van der Waals surface area contributed by atoms with Crippen molar-refractivity contribution in [1.82, 2.24) is 0 Å². The Morgan fingerprint density at radius 2 is 1.55 bits per heavy atom. The number of nitrogens with two attached hydrogens (primary N) is 2. The number of nitrogens with one attached hydrogen (secondary N) is 1. The van der Waals surface area contributed by atoms with Crippen LogP contribution in [0.1, 0.15) is 70.8 Å². The van der Waals surface area contributed by atoms with Crippen LogP contribution < -0.4 is 16.8 Å². The minimum Gasteiger partial charge on any atom is -0.366 e. The van der Waals surface area contributed by atoms with Crippen LogP contribution in [0.4, 0.5) is 10.5 Å². The summed E-state index contributed by atoms with van der Waals surface area (Å²) in [6.07, 6.45) is 6.86. The summed E-state index contributed by atoms with van der Waals surface area (Å²) in [6.45, 7) is 4.18. The molecule has 6 heteroatoms. The number of carbonyl (C=O) groups is 2. The van der Waals surface area contributed by atoms with Crippen molar-refractivity contribution < 1.29 is 9.59 Å². The Hall–Kier alpha value is -2.47. The molecule has 2 aliphatic rings. The summed E-state index contributed by atoms with van der Waals surface area (Å²) in [5.41, 5.74) is 18.6. The molecule has 0 atom stereocenters. The Morgan fingerprint density at radius 3 is 2.00 bits per heavy atom. The molecule has 0 heterocycles. The molecule has 3 amide bonds. The first-order chi connectivity index (χ1) is 13.8. The lowest BCUT2D eigenvalue weighted by Gasteiger charge is -2.14. The standard InChI is InChI=1S/C13H16N2O.C10H13NOS/c14-13(16)15-12-10-5-1-3-8(10)7-9-4-2-6-11(9)12;1-6(2)7-3-4-8(10(11)12)9(13)5-7/h7H,1-6H2,(H3,14,15,16);3-6,13H,1-2H3,(H2,11,12). The third-order valence-electron chi connectivity index (χ3n) is 5.68. The average Bonchev–Trinajstić information content (AvgIpc) is 3.30. The molecule has 2 aliphatic carbocycles. The maximum Gasteiger partial charge on any atom is 0.316 e. The van der Waals surface area contributed by atoms with Gasteiger partial charge in [-0.05, 0) is 84.4 Å². The molecule has 154 valence electrons. The molecule has 0 fully saturated rings. The first kappa shape index (κ1) is 21.2. The Kier molecular flexibility index (Phi) is 6.52. The Morgan fingerprint density at radius 1 is 0.966 bits per heavy atom. The van der Waals surface area contributed by atoms with Gasteiger partial charge in [-0.15, -0.1) is 12.6 Å². The predicted octanol–water partition coefficient (Wildman–Crippen LogP) is 4.35. The number of hydrogen-bond acceptors (Lipinski definition) is 3. The van der Waals surface area contributed by atoms with E-state index < -0.39 is 11.9 Å². The van der Waals surface area contributed by atoms with Gasteiger partial charge >= 0.3 is 6.03 Å². The predicted molar refractivity (Wildman–Crippen MR) is 120 cm³/mol. The number of aryl methyl sites for hydroxylation is 2. The highest BCUT2D eigenvalue weighted by molar-refractivity contribution is 7.80. The van der Waals surface area contributed by atoms with Crippen LogP contribution in [0, 0.1) is 0 Å². The number of hydrogen-bond donors (Lipinski definition) is 4. The molecule has 5 N–H and O–H groups in total. The fourth-order valence-corrected chi connectivity index (χ4v) is 4.54. The quantitative estimate of drug-likeness (QED) is 0.565. The first-order valence-corrected chi connectivity index (χ1v) is 10.6. The van der Waals surface area contributed by atoms with E-state index in [1.165, 1.54) is 35.1 Å². The zero-order valence-corrected chi connectivity index (χ0v) is 17.9. The summed E-state index contributed by atoms with van der Waals surface area (Å²) >= 11 is 4.20. The van der Waals surface area contributed by atoms with Crippen LogP contribution in [0.2, 0.25) is 0 Å². The zero-order chi connectivity index (χ0) is 21.1. The number of carbonyl (C=O) groups excluding carboxylic acids is 2. The van der Waals surface area contributed by atoms with Crippen molar-refractivity contribution in [2.45, 2.75) is 63.2 Å². The number of primary amides is 2. The molecule has 0 bridgehead atoms. The number of amides is 3. The molecule has 0 spiro atoms. The minimum absolute atomic E-state index is 0.430. The summed E-state index contributed by atoms with van der Waals surface area (Å²) in [4.78, 5) is 22.6. The van der Waals surface area contributed by atoms with Crippen LogP contribution in [0.3, 0.4) is 0 Å². The van der Waals surface area contributed by atoms with Crippen LogP contribution in [-0.2, 0) is 25.7 Å². The molecule has 0 saturated carbocycles. The van der Waals surface area contributed by atoms with E-state index >= 15 is 0 Å². The molecule has 0 aromatic heterocycles. The van der Waals surface area contributed by atoms with Gasteiger partial charge in [-0.2, -0.15) is 0 Å². The van der Waals surface area contributed by atoms with E-state index in [1.54, 1.807) is 6.07 Å². The van der Waals surface area contributed by atoms with Crippen molar-refractivity contribution in [2.75, 3.05) is 5.32 Å². The van der Waals surface area contributed by atoms with E-state index in [-0.39, 0.29) is 0 Å². The summed E-state index contributed by atoms with van der Waals surface area (Å²) in [5, 5.41) is 2.84. The molecule has 5 nitrogen and oxygen atoms in total. The first-order valence-electron chi connectivity index (χ1n) is 10.1. The van der Waals surface area contributed by atoms with Crippen molar-refractivity contribution in [2.24, 2.45) is 11.5 Å². The summed E-state index contributed by atoms with van der Waals surface area (Å²) in [6, 6.07) is 7.42. The van der Waals surface area contributed by atoms with Crippen molar-refractivity contribution in [3.05, 3.63) is 57.6 Å². The minimum atomic E-state index is -0.436. The molecule has 0 aliphatic heterocycles. The average molecular weight is 412 g/mol. The molecule has 2 aromatic rings. The molecule has 4 rings (SSSR count). The monoisotopic (exact) mass is 411 g/mol. The topological polar surface area (TPSA) is 98.2 Å². The molecular formula is C23H29N3O2S. The molecule has 0 saturated heterocycles. The lowest BCUT2D eigenvalue weighted by atomic mass is 9.99. The fourth-order valence-electron chi connectivity index (χ4n) is 4.21. The lowest BCUT2D eigenvalue weighted by molar-refractivity contribution is 0.0997. The summed E-state index contributed by atoms with van der Waals surface area (Å²) < 4.78 is 0. The van der Waals surface area contributed by atoms with Gasteiger partial charge in [0.25, 0.3) is 0 Å². The van der Waals surface area contributed by atoms with Gasteiger partial charge < -0.3 is 16.8 Å². The Labute approximate surface area is 177 Å². The van der Waals surface area contributed by atoms with E-state index in [1.807, 2.05) is 12.1 Å². The van der Waals surface area contributed by atoms with Crippen LogP contribution >= 0.6 is 12.6 Å². The number of fused-ring (bicyclic) bond motifs is 2. The fraction of sp³-hybridized carbons (Fsp3) is 0.391. The largest absolute Gasteiger partial charge is 0.366 e. The normalized spacial score (nSPS) is 14.1. The number of anilines is 1. The number of thiol groups is 1. The Balaban J connectivity index is 0.000000170. The SMILES string of the molecule is CC(C)c1ccc(C(N)=O)c(S)c1.NC(=O)Nc1c2c(cc3c1CCC3)CCC2. The van der Waals surface area contributed by atoms with Crippen molar-refractivity contribution in [3.63, 3.8) is 0 Å². The summed E-state index contributed by atoms with van der Waals surface area (Å²) in [5.74, 6) is 0.00753. The van der Waals surface area contributed by atoms with Gasteiger partial charge in [0.05, 0.1) is 5.56 Å². The third-order valence-corrected chi connectivity index (χ3v) is 6.05. The highest BCUT2D eigenvalue weighted by Gasteiger charge is 2.24. The second kappa shape index (κ2) is 8.91. The molecular weight excluding hydrogens is 382 g/mol. The second-order valence-electron chi connectivity index (χ2n) is 8.02. The van der Waals surface area contributed by atoms with E-state index in [4.69, 9.17) is 11.5 Å². The van der Waals surface area contributed by atoms with Crippen LogP contribution in [0.5, 0.6) is 0 Å². The van der Waals surface area contributed by atoms with Gasteiger partial charge in [-0.3, -0.25) is 4.79 Å². The number of benzene rings is 2. The second-order valence-corrected chi connectivity index (χ2v) is 8.50. The maximum atomic E-state index is 11.1. The number of rotatable bonds is 3. The van der Waals surface area contributed by atoms with Crippen molar-refractivity contribution >= 4 is 30.3 Å². The highest BCUT2D eigenvalue weighted by Crippen LogP contribution is 2.38. The smallest absolute Gasteiger partial charge is 0.316 e. The van der Waals surface area contributed by atoms with Crippen LogP contribution in [0.25, 0.3) is 0 Å². The van der Waals surface area contributed by atoms with Gasteiger partial charge in [0, 0.05) is 10.6 Å². The van der Waals surface area contributed by atoms with E-state index in [0.717, 1.165) is 36.9 Å². The van der Waals surface area contributed by atoms with E-state index in [2.05, 4.69) is 37.9 Å². The van der Waals surface area contributed by atoms with E-state index in [0.29, 0.717) is 16.4 Å². The van der Waals surface area contributed by atoms with Gasteiger partial charge in [0.15, 0.2) is 0 Å². The molecule has 29 heavy (non-hydrogen) atoms. The lowest BCUT2D eigenvalue weighted by Crippen LogP contribution is -2.21. The van der Waals surface area contributed by atoms with Gasteiger partial charge in [-0.25, -0.2) is 4.79 Å². The van der Waals surface area contributed by atoms with Crippen molar-refractivity contribution in [3.8, 4) is 0 Å². The van der Waals surface area contributed by atoms with Crippen LogP contribution in [-0.4, -0.2) is 11.9 Å². The molecule has 0 unspecified atom stereocenters. The zero-order valence-electron chi connectivity index (χ0n) is 17.0. The maximum absolute atomic E-state index is 11.1. The van der Waals surface area contributed by atoms with Crippen molar-refractivity contribution in [1.29, 1.82) is 0 Å². The number of urea groups is 1. The third kappa shape index (κ3) is 4.75. The summed E-state index contributed by atoms with van der Waals surface area (Å²) in [7, 11) is 0. The van der Waals surface area contributed by atoms with Crippen LogP contribution in [0.15, 0.2) is 29.2 Å². The molecule has 0 radical (unpaired) electrons. The highest BCUT2D eigenvalue weighted by atomic mass is 32.1. The van der Waals surface area contributed by atoms with Gasteiger partial charge in [-0.1, -0.05) is 26.0 Å². The van der Waals surface area contributed by atoms with Gasteiger partial charge in [0.1, 0.15) is 0 Å². The Bertz CT molecular complexity index is 921. The van der Waals surface area contributed by atoms with Gasteiger partial charge in [0.2, 0.25) is 5.91 Å².